The molecule has 0 fully saturated rings. The van der Waals surface area contributed by atoms with E-state index in [-0.39, 0.29) is 5.76 Å². The molecule has 0 unspecified atom stereocenters. The number of fused-ring (bicyclic) bond motifs is 1. The average molecular weight is 312 g/mol. The zero-order valence-electron chi connectivity index (χ0n) is 11.9. The third kappa shape index (κ3) is 3.06. The molecule has 0 atom stereocenters. The Labute approximate surface area is 131 Å². The van der Waals surface area contributed by atoms with Crippen molar-refractivity contribution in [2.45, 2.75) is 0 Å². The van der Waals surface area contributed by atoms with Gasteiger partial charge in [0.1, 0.15) is 5.82 Å². The van der Waals surface area contributed by atoms with Gasteiger partial charge in [0.25, 0.3) is 5.91 Å². The molecule has 1 amide bonds. The number of nitrogens with zero attached hydrogens (tertiary/aromatic N) is 1. The number of aliphatic carboxylic acids is 1. The first-order valence-corrected chi connectivity index (χ1v) is 6.80. The number of halogens is 1. The number of benzene rings is 2. The summed E-state index contributed by atoms with van der Waals surface area (Å²) >= 11 is 0. The van der Waals surface area contributed by atoms with Gasteiger partial charge >= 0.3 is 0 Å². The van der Waals surface area contributed by atoms with Crippen molar-refractivity contribution in [1.29, 1.82) is 0 Å². The van der Waals surface area contributed by atoms with Gasteiger partial charge in [0.15, 0.2) is 11.5 Å². The first kappa shape index (κ1) is 14.8. The summed E-state index contributed by atoms with van der Waals surface area (Å²) < 4.78 is 18.8. The first-order chi connectivity index (χ1) is 11.0. The number of carbonyl (C=O) groups excluding carboxylic acids is 2. The second-order valence-electron chi connectivity index (χ2n) is 4.90. The van der Waals surface area contributed by atoms with Gasteiger partial charge in [0.2, 0.25) is 0 Å². The molecule has 0 saturated heterocycles. The van der Waals surface area contributed by atoms with E-state index in [1.807, 2.05) is 0 Å². The number of anilines is 1. The second-order valence-corrected chi connectivity index (χ2v) is 4.90. The highest BCUT2D eigenvalue weighted by Gasteiger charge is 2.30. The first-order valence-electron chi connectivity index (χ1n) is 6.80. The van der Waals surface area contributed by atoms with Crippen molar-refractivity contribution in [3.63, 3.8) is 0 Å². The number of carboxylic acids is 1. The Morgan fingerprint density at radius 2 is 2.00 bits per heavy atom. The van der Waals surface area contributed by atoms with Crippen LogP contribution in [0.25, 0.3) is 6.08 Å². The van der Waals surface area contributed by atoms with Crippen LogP contribution in [-0.2, 0) is 9.59 Å². The highest BCUT2D eigenvalue weighted by Crippen LogP contribution is 2.35. The molecule has 116 valence electrons. The maximum atomic E-state index is 13.3. The summed E-state index contributed by atoms with van der Waals surface area (Å²) in [5.74, 6) is -2.21. The van der Waals surface area contributed by atoms with Crippen LogP contribution in [0.5, 0.6) is 5.75 Å². The lowest BCUT2D eigenvalue weighted by Crippen LogP contribution is -2.44. The number of amides is 1. The fraction of sp³-hybridized carbons (Fsp3) is 0.0588. The lowest BCUT2D eigenvalue weighted by atomic mass is 10.1. The molecular weight excluding hydrogens is 301 g/mol. The Kier molecular flexibility index (Phi) is 3.80. The minimum Gasteiger partial charge on any atom is -0.548 e. The summed E-state index contributed by atoms with van der Waals surface area (Å²) in [5.41, 5.74) is 0.777. The van der Waals surface area contributed by atoms with Crippen LogP contribution in [0.2, 0.25) is 0 Å². The van der Waals surface area contributed by atoms with Crippen molar-refractivity contribution in [2.24, 2.45) is 0 Å². The molecule has 5 nitrogen and oxygen atoms in total. The van der Waals surface area contributed by atoms with Crippen molar-refractivity contribution in [3.05, 3.63) is 65.7 Å². The van der Waals surface area contributed by atoms with E-state index in [0.29, 0.717) is 17.0 Å². The molecule has 1 aliphatic heterocycles. The molecule has 0 spiro atoms. The quantitative estimate of drug-likeness (QED) is 0.802. The van der Waals surface area contributed by atoms with Crippen LogP contribution in [0.1, 0.15) is 5.56 Å². The molecule has 23 heavy (non-hydrogen) atoms. The molecule has 1 aliphatic rings. The summed E-state index contributed by atoms with van der Waals surface area (Å²) in [6.45, 7) is -0.598. The van der Waals surface area contributed by atoms with Gasteiger partial charge < -0.3 is 14.6 Å². The van der Waals surface area contributed by atoms with Gasteiger partial charge in [-0.1, -0.05) is 24.3 Å². The summed E-state index contributed by atoms with van der Waals surface area (Å²) in [6, 6.07) is 12.2. The predicted molar refractivity (Wildman–Crippen MR) is 78.8 cm³/mol. The van der Waals surface area contributed by atoms with Crippen molar-refractivity contribution in [2.75, 3.05) is 11.4 Å². The van der Waals surface area contributed by atoms with E-state index in [0.717, 1.165) is 4.90 Å². The van der Waals surface area contributed by atoms with Crippen LogP contribution in [-0.4, -0.2) is 18.4 Å². The number of ether oxygens (including phenoxy) is 1. The van der Waals surface area contributed by atoms with Gasteiger partial charge in [0, 0.05) is 0 Å². The largest absolute Gasteiger partial charge is 0.548 e. The molecular formula is C17H11FNO4-. The Morgan fingerprint density at radius 1 is 1.22 bits per heavy atom. The molecule has 3 rings (SSSR count). The van der Waals surface area contributed by atoms with Crippen LogP contribution in [0.3, 0.4) is 0 Å². The summed E-state index contributed by atoms with van der Waals surface area (Å²) in [5, 5.41) is 10.9. The normalized spacial score (nSPS) is 15.3. The summed E-state index contributed by atoms with van der Waals surface area (Å²) in [6.07, 6.45) is 1.36. The minimum absolute atomic E-state index is 0.0875. The standard InChI is InChI=1S/C17H12FNO4/c18-12-5-3-4-11(8-12)9-15-17(22)19(10-16(20)21)13-6-1-2-7-14(13)23-15/h1-9H,10H2,(H,20,21)/p-1. The molecule has 2 aromatic carbocycles. The van der Waals surface area contributed by atoms with Crippen molar-refractivity contribution >= 4 is 23.6 Å². The maximum absolute atomic E-state index is 13.3. The van der Waals surface area contributed by atoms with Gasteiger partial charge in [-0.05, 0) is 35.9 Å². The fourth-order valence-electron chi connectivity index (χ4n) is 2.30. The number of hydrogen-bond acceptors (Lipinski definition) is 4. The van der Waals surface area contributed by atoms with Gasteiger partial charge in [-0.2, -0.15) is 0 Å². The maximum Gasteiger partial charge on any atom is 0.294 e. The topological polar surface area (TPSA) is 69.7 Å². The summed E-state index contributed by atoms with van der Waals surface area (Å²) in [7, 11) is 0. The SMILES string of the molecule is O=C([O-])CN1C(=O)C(=Cc2cccc(F)c2)Oc2ccccc21. The van der Waals surface area contributed by atoms with Crippen molar-refractivity contribution < 1.29 is 23.8 Å². The smallest absolute Gasteiger partial charge is 0.294 e. The third-order valence-corrected chi connectivity index (χ3v) is 3.27. The zero-order valence-corrected chi connectivity index (χ0v) is 11.9. The van der Waals surface area contributed by atoms with Gasteiger partial charge in [-0.3, -0.25) is 9.69 Å². The number of para-hydroxylation sites is 2. The van der Waals surface area contributed by atoms with E-state index in [1.54, 1.807) is 30.3 Å². The van der Waals surface area contributed by atoms with Crippen LogP contribution >= 0.6 is 0 Å². The molecule has 0 aromatic heterocycles. The van der Waals surface area contributed by atoms with E-state index in [4.69, 9.17) is 4.74 Å². The Hall–Kier alpha value is -3.15. The number of rotatable bonds is 3. The molecule has 2 aromatic rings. The lowest BCUT2D eigenvalue weighted by Gasteiger charge is -2.30. The number of carboxylic acid groups (broad SMARTS) is 1. The highest BCUT2D eigenvalue weighted by atomic mass is 19.1. The molecule has 0 radical (unpaired) electrons. The molecule has 0 N–H and O–H groups in total. The van der Waals surface area contributed by atoms with Crippen molar-refractivity contribution in [3.8, 4) is 5.75 Å². The predicted octanol–water partition coefficient (Wildman–Crippen LogP) is 1.34. The van der Waals surface area contributed by atoms with Crippen LogP contribution in [0.15, 0.2) is 54.3 Å². The Balaban J connectivity index is 2.04. The fourth-order valence-corrected chi connectivity index (χ4v) is 2.30. The number of hydrogen-bond donors (Lipinski definition) is 0. The molecule has 0 aliphatic carbocycles. The molecule has 0 bridgehead atoms. The Morgan fingerprint density at radius 3 is 2.74 bits per heavy atom. The van der Waals surface area contributed by atoms with Crippen molar-refractivity contribution in [1.82, 2.24) is 0 Å². The highest BCUT2D eigenvalue weighted by molar-refractivity contribution is 6.11. The molecule has 6 heteroatoms. The average Bonchev–Trinajstić information content (AvgIpc) is 2.51. The van der Waals surface area contributed by atoms with Gasteiger partial charge in [-0.25, -0.2) is 4.39 Å². The van der Waals surface area contributed by atoms with Gasteiger partial charge in [0.05, 0.1) is 18.2 Å². The van der Waals surface area contributed by atoms with E-state index >= 15 is 0 Å². The second kappa shape index (κ2) is 5.92. The monoisotopic (exact) mass is 312 g/mol. The van der Waals surface area contributed by atoms with E-state index in [1.165, 1.54) is 24.3 Å². The third-order valence-electron chi connectivity index (χ3n) is 3.27. The van der Waals surface area contributed by atoms with Gasteiger partial charge in [-0.15, -0.1) is 0 Å². The zero-order chi connectivity index (χ0) is 16.4. The van der Waals surface area contributed by atoms with E-state index < -0.39 is 24.2 Å². The molecule has 1 heterocycles. The van der Waals surface area contributed by atoms with Crippen LogP contribution in [0, 0.1) is 5.82 Å². The van der Waals surface area contributed by atoms with Crippen LogP contribution in [0.4, 0.5) is 10.1 Å². The lowest BCUT2D eigenvalue weighted by molar-refractivity contribution is -0.303. The van der Waals surface area contributed by atoms with E-state index in [9.17, 15) is 19.1 Å². The van der Waals surface area contributed by atoms with Crippen LogP contribution < -0.4 is 14.7 Å². The molecule has 0 saturated carbocycles. The van der Waals surface area contributed by atoms with E-state index in [2.05, 4.69) is 0 Å². The number of carbonyl (C=O) groups is 2. The minimum atomic E-state index is -1.39. The Bertz CT molecular complexity index is 816. The summed E-state index contributed by atoms with van der Waals surface area (Å²) in [4.78, 5) is 24.4.